The van der Waals surface area contributed by atoms with E-state index in [1.165, 1.54) is 115 Å². The molecule has 8 aromatic carbocycles. The molecule has 1 spiro atoms. The molecule has 0 aliphatic heterocycles. The van der Waals surface area contributed by atoms with Gasteiger partial charge in [-0.1, -0.05) is 178 Å². The Kier molecular flexibility index (Phi) is 7.27. The summed E-state index contributed by atoms with van der Waals surface area (Å²) in [5.74, 6) is 1.49. The van der Waals surface area contributed by atoms with Gasteiger partial charge in [-0.25, -0.2) is 0 Å². The molecule has 8 aromatic rings. The quantitative estimate of drug-likeness (QED) is 0.168. The van der Waals surface area contributed by atoms with Crippen molar-refractivity contribution in [2.75, 3.05) is 4.90 Å². The summed E-state index contributed by atoms with van der Waals surface area (Å²) in [5, 5.41) is 0. The van der Waals surface area contributed by atoms with Crippen LogP contribution in [-0.4, -0.2) is 0 Å². The SMILES string of the molecule is CC1(C)c2ccccc2-c2cccc(-c3ccccc3N(c3ccc4c(c3)C3(CC5CCC3C5)c3ccccc3-4)c3cccc4c3-c3ccccc3C4(C)c3ccccc3)c21. The van der Waals surface area contributed by atoms with Crippen molar-refractivity contribution in [3.8, 4) is 44.5 Å². The van der Waals surface area contributed by atoms with Crippen LogP contribution < -0.4 is 4.90 Å². The Morgan fingerprint density at radius 3 is 1.77 bits per heavy atom. The summed E-state index contributed by atoms with van der Waals surface area (Å²) in [4.78, 5) is 2.65. The van der Waals surface area contributed by atoms with Crippen molar-refractivity contribution in [3.63, 3.8) is 0 Å². The van der Waals surface area contributed by atoms with E-state index in [2.05, 4.69) is 208 Å². The first kappa shape index (κ1) is 35.3. The van der Waals surface area contributed by atoms with E-state index in [0.717, 1.165) is 5.92 Å². The molecule has 2 bridgehead atoms. The second-order valence-electron chi connectivity index (χ2n) is 19.3. The van der Waals surface area contributed by atoms with Gasteiger partial charge in [0.2, 0.25) is 0 Å². The van der Waals surface area contributed by atoms with Crippen molar-refractivity contribution >= 4 is 17.1 Å². The van der Waals surface area contributed by atoms with E-state index in [0.29, 0.717) is 5.92 Å². The molecule has 2 fully saturated rings. The summed E-state index contributed by atoms with van der Waals surface area (Å²) in [6.07, 6.45) is 5.31. The zero-order chi connectivity index (χ0) is 40.7. The highest BCUT2D eigenvalue weighted by atomic mass is 15.1. The van der Waals surface area contributed by atoms with Crippen LogP contribution in [0.3, 0.4) is 0 Å². The van der Waals surface area contributed by atoms with Gasteiger partial charge in [0.05, 0.1) is 11.4 Å². The van der Waals surface area contributed by atoms with Crippen molar-refractivity contribution in [1.82, 2.24) is 0 Å². The van der Waals surface area contributed by atoms with Gasteiger partial charge in [-0.15, -0.1) is 0 Å². The summed E-state index contributed by atoms with van der Waals surface area (Å²) >= 11 is 0. The minimum Gasteiger partial charge on any atom is -0.309 e. The number of anilines is 3. The third-order valence-electron chi connectivity index (χ3n) is 16.2. The topological polar surface area (TPSA) is 3.24 Å². The molecule has 0 heterocycles. The molecule has 294 valence electrons. The molecule has 0 amide bonds. The van der Waals surface area contributed by atoms with Crippen molar-refractivity contribution in [1.29, 1.82) is 0 Å². The first-order valence-electron chi connectivity index (χ1n) is 22.6. The number of fused-ring (bicyclic) bond motifs is 14. The molecule has 1 nitrogen and oxygen atoms in total. The van der Waals surface area contributed by atoms with Gasteiger partial charge in [-0.3, -0.25) is 0 Å². The Balaban J connectivity index is 1.10. The van der Waals surface area contributed by atoms with Crippen LogP contribution in [0.5, 0.6) is 0 Å². The Labute approximate surface area is 360 Å². The number of nitrogens with zero attached hydrogens (tertiary/aromatic N) is 1. The zero-order valence-electron chi connectivity index (χ0n) is 35.3. The van der Waals surface area contributed by atoms with E-state index in [1.54, 1.807) is 11.1 Å². The van der Waals surface area contributed by atoms with E-state index in [1.807, 2.05) is 0 Å². The maximum atomic E-state index is 2.65. The lowest BCUT2D eigenvalue weighted by atomic mass is 9.67. The lowest BCUT2D eigenvalue weighted by molar-refractivity contribution is 0.327. The molecular formula is C60H49N. The number of para-hydroxylation sites is 1. The van der Waals surface area contributed by atoms with Crippen LogP contribution in [0.2, 0.25) is 0 Å². The zero-order valence-corrected chi connectivity index (χ0v) is 35.3. The molecule has 0 aromatic heterocycles. The van der Waals surface area contributed by atoms with E-state index < -0.39 is 0 Å². The van der Waals surface area contributed by atoms with Crippen LogP contribution in [0.25, 0.3) is 44.5 Å². The summed E-state index contributed by atoms with van der Waals surface area (Å²) in [7, 11) is 0. The predicted molar refractivity (Wildman–Crippen MR) is 253 cm³/mol. The van der Waals surface area contributed by atoms with Crippen LogP contribution >= 0.6 is 0 Å². The van der Waals surface area contributed by atoms with E-state index >= 15 is 0 Å². The fourth-order valence-corrected chi connectivity index (χ4v) is 13.7. The number of rotatable bonds is 5. The molecule has 0 N–H and O–H groups in total. The standard InChI is InChI=1S/C60H49N/c1-58(2)49-25-11-7-20-43(49)46-23-15-24-47(57(46)58)45-21-10-14-29-54(45)61(41-33-34-44-42-19-8-13-27-51(42)60(53(44)36-41)37-38-31-32-40(60)35-38)55-30-16-28-52-56(55)48-22-9-12-26-50(48)59(52,3)39-17-5-4-6-18-39/h4-30,33-34,36,38,40H,31-32,35,37H2,1-3H3. The molecule has 61 heavy (non-hydrogen) atoms. The first-order chi connectivity index (χ1) is 29.9. The van der Waals surface area contributed by atoms with E-state index in [4.69, 9.17) is 0 Å². The second-order valence-corrected chi connectivity index (χ2v) is 19.3. The van der Waals surface area contributed by atoms with Crippen LogP contribution in [0, 0.1) is 11.8 Å². The van der Waals surface area contributed by atoms with Crippen LogP contribution in [-0.2, 0) is 16.2 Å². The Bertz CT molecular complexity index is 3110. The molecule has 0 saturated heterocycles. The van der Waals surface area contributed by atoms with Gasteiger partial charge in [-0.2, -0.15) is 0 Å². The smallest absolute Gasteiger partial charge is 0.0543 e. The Morgan fingerprint density at radius 1 is 0.443 bits per heavy atom. The molecule has 1 heteroatoms. The van der Waals surface area contributed by atoms with Crippen molar-refractivity contribution in [3.05, 3.63) is 221 Å². The molecule has 4 atom stereocenters. The van der Waals surface area contributed by atoms with Gasteiger partial charge in [0, 0.05) is 33.1 Å². The monoisotopic (exact) mass is 783 g/mol. The third kappa shape index (κ3) is 4.57. The minimum absolute atomic E-state index is 0.0726. The van der Waals surface area contributed by atoms with Crippen LogP contribution in [0.4, 0.5) is 17.1 Å². The lowest BCUT2D eigenvalue weighted by Crippen LogP contribution is -2.32. The molecule has 0 radical (unpaired) electrons. The maximum Gasteiger partial charge on any atom is 0.0543 e. The molecule has 4 unspecified atom stereocenters. The first-order valence-corrected chi connectivity index (χ1v) is 22.6. The molecule has 5 aliphatic rings. The van der Waals surface area contributed by atoms with Gasteiger partial charge in [0.1, 0.15) is 0 Å². The maximum absolute atomic E-state index is 2.65. The summed E-state index contributed by atoms with van der Waals surface area (Å²) in [6, 6.07) is 69.7. The average molecular weight is 784 g/mol. The fraction of sp³-hybridized carbons (Fsp3) is 0.200. The number of benzene rings is 8. The fourth-order valence-electron chi connectivity index (χ4n) is 13.7. The predicted octanol–water partition coefficient (Wildman–Crippen LogP) is 15.6. The van der Waals surface area contributed by atoms with Crippen molar-refractivity contribution < 1.29 is 0 Å². The molecule has 2 saturated carbocycles. The Hall–Kier alpha value is -6.44. The van der Waals surface area contributed by atoms with Gasteiger partial charge < -0.3 is 4.90 Å². The van der Waals surface area contributed by atoms with Gasteiger partial charge >= 0.3 is 0 Å². The lowest BCUT2D eigenvalue weighted by Gasteiger charge is -2.37. The van der Waals surface area contributed by atoms with Crippen molar-refractivity contribution in [2.24, 2.45) is 11.8 Å². The minimum atomic E-state index is -0.308. The highest BCUT2D eigenvalue weighted by Gasteiger charge is 2.57. The molecule has 13 rings (SSSR count). The normalized spacial score (nSPS) is 22.7. The molecule has 5 aliphatic carbocycles. The highest BCUT2D eigenvalue weighted by molar-refractivity contribution is 6.00. The second kappa shape index (κ2) is 12.6. The highest BCUT2D eigenvalue weighted by Crippen LogP contribution is 2.67. The number of hydrogen-bond acceptors (Lipinski definition) is 1. The molecular weight excluding hydrogens is 735 g/mol. The summed E-state index contributed by atoms with van der Waals surface area (Å²) in [6.45, 7) is 7.27. The number of hydrogen-bond donors (Lipinski definition) is 0. The van der Waals surface area contributed by atoms with Crippen molar-refractivity contribution in [2.45, 2.75) is 62.7 Å². The summed E-state index contributed by atoms with van der Waals surface area (Å²) in [5.41, 5.74) is 24.0. The third-order valence-corrected chi connectivity index (χ3v) is 16.2. The largest absolute Gasteiger partial charge is 0.309 e. The van der Waals surface area contributed by atoms with Gasteiger partial charge in [0.15, 0.2) is 0 Å². The van der Waals surface area contributed by atoms with Gasteiger partial charge in [0.25, 0.3) is 0 Å². The average Bonchev–Trinajstić information content (AvgIpc) is 4.11. The Morgan fingerprint density at radius 2 is 1.02 bits per heavy atom. The summed E-state index contributed by atoms with van der Waals surface area (Å²) < 4.78 is 0. The van der Waals surface area contributed by atoms with Gasteiger partial charge in [-0.05, 0) is 135 Å². The van der Waals surface area contributed by atoms with Crippen LogP contribution in [0.1, 0.15) is 85.4 Å². The van der Waals surface area contributed by atoms with Crippen LogP contribution in [0.15, 0.2) is 182 Å². The van der Waals surface area contributed by atoms with E-state index in [-0.39, 0.29) is 16.2 Å². The van der Waals surface area contributed by atoms with E-state index in [9.17, 15) is 0 Å².